The summed E-state index contributed by atoms with van der Waals surface area (Å²) in [6.45, 7) is 6.59. The molecule has 0 atom stereocenters. The largest absolute Gasteiger partial charge is 0.497 e. The number of nitrogens with zero attached hydrogens (tertiary/aromatic N) is 2. The Kier molecular flexibility index (Phi) is 5.54. The molecular weight excluding hydrogens is 316 g/mol. The summed E-state index contributed by atoms with van der Waals surface area (Å²) in [5, 5.41) is 6.93. The zero-order chi connectivity index (χ0) is 17.9. The predicted molar refractivity (Wildman–Crippen MR) is 86.3 cm³/mol. The van der Waals surface area contributed by atoms with Crippen LogP contribution in [0.4, 0.5) is 8.78 Å². The molecule has 0 unspecified atom stereocenters. The van der Waals surface area contributed by atoms with Crippen molar-refractivity contribution in [2.45, 2.75) is 33.7 Å². The van der Waals surface area contributed by atoms with Crippen molar-refractivity contribution in [2.75, 3.05) is 13.7 Å². The second kappa shape index (κ2) is 7.42. The summed E-state index contributed by atoms with van der Waals surface area (Å²) in [6, 6.07) is 1.96. The minimum absolute atomic E-state index is 0.0243. The number of aryl methyl sites for hydroxylation is 1. The molecule has 0 fully saturated rings. The number of aromatic nitrogens is 2. The van der Waals surface area contributed by atoms with Crippen molar-refractivity contribution in [3.63, 3.8) is 0 Å². The number of halogens is 2. The number of ether oxygens (including phenoxy) is 1. The fourth-order valence-corrected chi connectivity index (χ4v) is 2.71. The fraction of sp³-hybridized carbons (Fsp3) is 0.412. The number of carbonyl (C=O) groups is 1. The van der Waals surface area contributed by atoms with Gasteiger partial charge in [-0.15, -0.1) is 0 Å². The summed E-state index contributed by atoms with van der Waals surface area (Å²) in [7, 11) is 1.30. The highest BCUT2D eigenvalue weighted by atomic mass is 19.1. The summed E-state index contributed by atoms with van der Waals surface area (Å²) >= 11 is 0. The molecule has 0 spiro atoms. The summed E-state index contributed by atoms with van der Waals surface area (Å²) in [5.41, 5.74) is 2.55. The van der Waals surface area contributed by atoms with E-state index in [1.807, 2.05) is 13.8 Å². The van der Waals surface area contributed by atoms with E-state index in [-0.39, 0.29) is 12.3 Å². The van der Waals surface area contributed by atoms with Gasteiger partial charge in [-0.2, -0.15) is 5.10 Å². The van der Waals surface area contributed by atoms with E-state index in [0.717, 1.165) is 29.9 Å². The third-order valence-corrected chi connectivity index (χ3v) is 3.97. The normalized spacial score (nSPS) is 10.8. The van der Waals surface area contributed by atoms with Gasteiger partial charge in [0, 0.05) is 24.4 Å². The van der Waals surface area contributed by atoms with Crippen LogP contribution in [0.5, 0.6) is 5.75 Å². The Morgan fingerprint density at radius 1 is 1.29 bits per heavy atom. The molecule has 0 saturated heterocycles. The average molecular weight is 337 g/mol. The van der Waals surface area contributed by atoms with Gasteiger partial charge in [0.1, 0.15) is 22.9 Å². The molecular formula is C17H21F2N3O2. The maximum Gasteiger partial charge on any atom is 0.257 e. The second-order valence-corrected chi connectivity index (χ2v) is 5.45. The Labute approximate surface area is 139 Å². The van der Waals surface area contributed by atoms with E-state index in [0.29, 0.717) is 6.54 Å². The van der Waals surface area contributed by atoms with E-state index in [9.17, 15) is 13.6 Å². The van der Waals surface area contributed by atoms with Crippen LogP contribution in [0.3, 0.4) is 0 Å². The molecule has 2 aromatic rings. The van der Waals surface area contributed by atoms with Gasteiger partial charge in [0.25, 0.3) is 5.91 Å². The summed E-state index contributed by atoms with van der Waals surface area (Å²) in [5.74, 6) is -2.69. The average Bonchev–Trinajstić information content (AvgIpc) is 2.80. The number of hydrogen-bond donors (Lipinski definition) is 1. The maximum absolute atomic E-state index is 13.9. The van der Waals surface area contributed by atoms with E-state index >= 15 is 0 Å². The first-order valence-electron chi connectivity index (χ1n) is 7.73. The van der Waals surface area contributed by atoms with Gasteiger partial charge in [0.05, 0.1) is 19.3 Å². The lowest BCUT2D eigenvalue weighted by molar-refractivity contribution is 0.0943. The van der Waals surface area contributed by atoms with Gasteiger partial charge in [-0.25, -0.2) is 8.78 Å². The zero-order valence-corrected chi connectivity index (χ0v) is 14.2. The third kappa shape index (κ3) is 3.55. The molecule has 1 aromatic carbocycles. The monoisotopic (exact) mass is 337 g/mol. The van der Waals surface area contributed by atoms with Gasteiger partial charge in [0.15, 0.2) is 0 Å². The molecule has 0 aliphatic rings. The van der Waals surface area contributed by atoms with Gasteiger partial charge < -0.3 is 10.1 Å². The summed E-state index contributed by atoms with van der Waals surface area (Å²) in [6.07, 6.45) is 0.881. The van der Waals surface area contributed by atoms with Gasteiger partial charge in [-0.3, -0.25) is 9.48 Å². The first kappa shape index (κ1) is 17.9. The van der Waals surface area contributed by atoms with E-state index in [1.165, 1.54) is 12.7 Å². The van der Waals surface area contributed by atoms with Crippen LogP contribution in [-0.2, 0) is 13.0 Å². The number of methoxy groups -OCH3 is 1. The molecule has 1 amide bonds. The van der Waals surface area contributed by atoms with Crippen molar-refractivity contribution in [1.29, 1.82) is 0 Å². The van der Waals surface area contributed by atoms with Crippen LogP contribution < -0.4 is 10.1 Å². The maximum atomic E-state index is 13.9. The van der Waals surface area contributed by atoms with E-state index < -0.39 is 23.1 Å². The van der Waals surface area contributed by atoms with Crippen molar-refractivity contribution >= 4 is 5.91 Å². The van der Waals surface area contributed by atoms with Gasteiger partial charge in [-0.05, 0) is 25.8 Å². The Hall–Kier alpha value is -2.44. The van der Waals surface area contributed by atoms with Crippen molar-refractivity contribution < 1.29 is 18.3 Å². The van der Waals surface area contributed by atoms with Gasteiger partial charge in [-0.1, -0.05) is 6.92 Å². The van der Waals surface area contributed by atoms with Crippen molar-refractivity contribution in [3.8, 4) is 5.75 Å². The quantitative estimate of drug-likeness (QED) is 0.882. The topological polar surface area (TPSA) is 56.2 Å². The number of hydrogen-bond acceptors (Lipinski definition) is 3. The number of amides is 1. The highest BCUT2D eigenvalue weighted by Crippen LogP contribution is 2.20. The van der Waals surface area contributed by atoms with Crippen LogP contribution in [-0.4, -0.2) is 29.3 Å². The van der Waals surface area contributed by atoms with Crippen LogP contribution in [0.15, 0.2) is 12.1 Å². The van der Waals surface area contributed by atoms with Crippen molar-refractivity contribution in [2.24, 2.45) is 0 Å². The molecule has 7 heteroatoms. The fourth-order valence-electron chi connectivity index (χ4n) is 2.71. The summed E-state index contributed by atoms with van der Waals surface area (Å²) < 4.78 is 34.3. The molecule has 1 N–H and O–H groups in total. The lowest BCUT2D eigenvalue weighted by Crippen LogP contribution is -2.29. The molecule has 2 rings (SSSR count). The van der Waals surface area contributed by atoms with Crippen LogP contribution >= 0.6 is 0 Å². The molecule has 0 bridgehead atoms. The first-order valence-corrected chi connectivity index (χ1v) is 7.73. The Morgan fingerprint density at radius 3 is 2.42 bits per heavy atom. The summed E-state index contributed by atoms with van der Waals surface area (Å²) in [4.78, 5) is 12.0. The number of benzene rings is 1. The molecule has 0 aliphatic carbocycles. The zero-order valence-electron chi connectivity index (χ0n) is 14.2. The number of rotatable bonds is 6. The highest BCUT2D eigenvalue weighted by molar-refractivity contribution is 5.94. The van der Waals surface area contributed by atoms with Gasteiger partial charge in [0.2, 0.25) is 0 Å². The standard InChI is InChI=1S/C17H21F2N3O2/c1-5-13-10(2)21-22(11(13)3)7-6-20-17(23)16-14(18)8-12(24-4)9-15(16)19/h8-9H,5-7H2,1-4H3,(H,20,23). The molecule has 0 radical (unpaired) electrons. The Bertz CT molecular complexity index is 734. The van der Waals surface area contributed by atoms with E-state index in [4.69, 9.17) is 4.74 Å². The number of nitrogens with one attached hydrogen (secondary N) is 1. The third-order valence-electron chi connectivity index (χ3n) is 3.97. The number of carbonyl (C=O) groups excluding carboxylic acids is 1. The molecule has 24 heavy (non-hydrogen) atoms. The lowest BCUT2D eigenvalue weighted by atomic mass is 10.1. The Morgan fingerprint density at radius 2 is 1.92 bits per heavy atom. The molecule has 0 aliphatic heterocycles. The highest BCUT2D eigenvalue weighted by Gasteiger charge is 2.19. The smallest absolute Gasteiger partial charge is 0.257 e. The Balaban J connectivity index is 2.04. The predicted octanol–water partition coefficient (Wildman–Crippen LogP) is 2.78. The van der Waals surface area contributed by atoms with Crippen LogP contribution in [0.1, 0.15) is 34.2 Å². The molecule has 1 aromatic heterocycles. The minimum Gasteiger partial charge on any atom is -0.497 e. The minimum atomic E-state index is -0.955. The first-order chi connectivity index (χ1) is 11.4. The molecule has 5 nitrogen and oxygen atoms in total. The second-order valence-electron chi connectivity index (χ2n) is 5.45. The molecule has 0 saturated carbocycles. The van der Waals surface area contributed by atoms with Crippen molar-refractivity contribution in [1.82, 2.24) is 15.1 Å². The van der Waals surface area contributed by atoms with Crippen molar-refractivity contribution in [3.05, 3.63) is 46.3 Å². The van der Waals surface area contributed by atoms with Crippen LogP contribution in [0.25, 0.3) is 0 Å². The van der Waals surface area contributed by atoms with E-state index in [2.05, 4.69) is 17.3 Å². The van der Waals surface area contributed by atoms with E-state index in [1.54, 1.807) is 4.68 Å². The lowest BCUT2D eigenvalue weighted by Gasteiger charge is -2.10. The molecule has 1 heterocycles. The van der Waals surface area contributed by atoms with Gasteiger partial charge >= 0.3 is 0 Å². The van der Waals surface area contributed by atoms with Crippen LogP contribution in [0, 0.1) is 25.5 Å². The SMILES string of the molecule is CCc1c(C)nn(CCNC(=O)c2c(F)cc(OC)cc2F)c1C. The van der Waals surface area contributed by atoms with Crippen LogP contribution in [0.2, 0.25) is 0 Å². The molecule has 130 valence electrons.